The van der Waals surface area contributed by atoms with E-state index in [4.69, 9.17) is 4.74 Å². The molecule has 0 unspecified atom stereocenters. The smallest absolute Gasteiger partial charge is 0.410 e. The number of carbonyl (C=O) groups is 2. The van der Waals surface area contributed by atoms with Gasteiger partial charge in [0.05, 0.1) is 11.0 Å². The van der Waals surface area contributed by atoms with Crippen molar-refractivity contribution < 1.29 is 14.3 Å². The number of aromatic nitrogens is 2. The van der Waals surface area contributed by atoms with Gasteiger partial charge in [-0.05, 0) is 23.8 Å². The fraction of sp³-hybridized carbons (Fsp3) is 0.250. The second-order valence-corrected chi connectivity index (χ2v) is 6.66. The first-order valence-electron chi connectivity index (χ1n) is 9.07. The Morgan fingerprint density at radius 2 is 1.57 bits per heavy atom. The first-order valence-corrected chi connectivity index (χ1v) is 9.07. The maximum absolute atomic E-state index is 12.7. The van der Waals surface area contributed by atoms with E-state index < -0.39 is 0 Å². The second kappa shape index (κ2) is 7.59. The number of nitrogens with zero attached hydrogens (tertiary/aromatic N) is 2. The van der Waals surface area contributed by atoms with Gasteiger partial charge in [0.25, 0.3) is 5.91 Å². The summed E-state index contributed by atoms with van der Waals surface area (Å²) in [7, 11) is 0. The molecule has 1 aromatic heterocycles. The van der Waals surface area contributed by atoms with Crippen LogP contribution in [0.1, 0.15) is 15.9 Å². The van der Waals surface area contributed by atoms with Crippen LogP contribution in [0.25, 0.3) is 11.0 Å². The van der Waals surface area contributed by atoms with Crippen LogP contribution >= 0.6 is 0 Å². The van der Waals surface area contributed by atoms with E-state index in [0.29, 0.717) is 42.8 Å². The van der Waals surface area contributed by atoms with Gasteiger partial charge in [-0.2, -0.15) is 0 Å². The third kappa shape index (κ3) is 3.75. The molecule has 1 aliphatic heterocycles. The van der Waals surface area contributed by atoms with Gasteiger partial charge < -0.3 is 24.5 Å². The molecule has 0 bridgehead atoms. The molecule has 2 N–H and O–H groups in total. The van der Waals surface area contributed by atoms with Crippen molar-refractivity contribution in [2.75, 3.05) is 26.2 Å². The number of rotatable bonds is 3. The summed E-state index contributed by atoms with van der Waals surface area (Å²) in [5.41, 5.74) is 2.39. The molecule has 8 heteroatoms. The quantitative estimate of drug-likeness (QED) is 0.726. The van der Waals surface area contributed by atoms with Crippen molar-refractivity contribution in [1.82, 2.24) is 19.8 Å². The number of benzene rings is 2. The standard InChI is InChI=1S/C20H20N4O4/c25-18(15-6-7-16-17(12-15)22-19(26)21-16)23-8-10-24(11-9-23)20(27)28-13-14-4-2-1-3-5-14/h1-7,12H,8-11,13H2,(H2,21,22,26). The Labute approximate surface area is 160 Å². The lowest BCUT2D eigenvalue weighted by Gasteiger charge is -2.34. The zero-order valence-electron chi connectivity index (χ0n) is 15.2. The van der Waals surface area contributed by atoms with Gasteiger partial charge in [-0.3, -0.25) is 4.79 Å². The summed E-state index contributed by atoms with van der Waals surface area (Å²) in [6.07, 6.45) is -0.373. The molecular weight excluding hydrogens is 360 g/mol. The number of fused-ring (bicyclic) bond motifs is 1. The lowest BCUT2D eigenvalue weighted by atomic mass is 10.1. The Kier molecular flexibility index (Phi) is 4.84. The van der Waals surface area contributed by atoms with Crippen molar-refractivity contribution in [3.8, 4) is 0 Å². The zero-order valence-corrected chi connectivity index (χ0v) is 15.2. The number of hydrogen-bond donors (Lipinski definition) is 2. The molecule has 0 saturated carbocycles. The van der Waals surface area contributed by atoms with Crippen LogP contribution < -0.4 is 5.69 Å². The number of piperazine rings is 1. The average Bonchev–Trinajstić information content (AvgIpc) is 3.11. The van der Waals surface area contributed by atoms with E-state index in [0.717, 1.165) is 5.56 Å². The number of carbonyl (C=O) groups excluding carboxylic acids is 2. The van der Waals surface area contributed by atoms with Crippen molar-refractivity contribution >= 4 is 23.0 Å². The zero-order chi connectivity index (χ0) is 19.5. The molecule has 2 aromatic carbocycles. The maximum Gasteiger partial charge on any atom is 0.410 e. The minimum Gasteiger partial charge on any atom is -0.445 e. The predicted octanol–water partition coefficient (Wildman–Crippen LogP) is 1.95. The first-order chi connectivity index (χ1) is 13.6. The Morgan fingerprint density at radius 3 is 2.32 bits per heavy atom. The third-order valence-corrected chi connectivity index (χ3v) is 4.79. The average molecular weight is 380 g/mol. The summed E-state index contributed by atoms with van der Waals surface area (Å²) in [4.78, 5) is 44.9. The number of imidazole rings is 1. The predicted molar refractivity (Wildman–Crippen MR) is 103 cm³/mol. The van der Waals surface area contributed by atoms with Crippen molar-refractivity contribution in [1.29, 1.82) is 0 Å². The summed E-state index contributed by atoms with van der Waals surface area (Å²) >= 11 is 0. The van der Waals surface area contributed by atoms with Crippen LogP contribution in [0, 0.1) is 0 Å². The molecule has 1 fully saturated rings. The van der Waals surface area contributed by atoms with Gasteiger partial charge in [-0.1, -0.05) is 30.3 Å². The number of hydrogen-bond acceptors (Lipinski definition) is 4. The Bertz CT molecular complexity index is 1050. The summed E-state index contributed by atoms with van der Waals surface area (Å²) in [6.45, 7) is 1.93. The minimum atomic E-state index is -0.373. The van der Waals surface area contributed by atoms with Crippen molar-refractivity contribution in [2.24, 2.45) is 0 Å². The lowest BCUT2D eigenvalue weighted by molar-refractivity contribution is 0.0544. The Balaban J connectivity index is 1.33. The highest BCUT2D eigenvalue weighted by atomic mass is 16.6. The van der Waals surface area contributed by atoms with E-state index in [1.807, 2.05) is 30.3 Å². The van der Waals surface area contributed by atoms with Crippen molar-refractivity contribution in [3.05, 3.63) is 70.1 Å². The molecule has 0 atom stereocenters. The molecule has 1 saturated heterocycles. The van der Waals surface area contributed by atoms with E-state index >= 15 is 0 Å². The van der Waals surface area contributed by atoms with Gasteiger partial charge in [0.2, 0.25) is 0 Å². The monoisotopic (exact) mass is 380 g/mol. The van der Waals surface area contributed by atoms with Crippen LogP contribution in [0.2, 0.25) is 0 Å². The highest BCUT2D eigenvalue weighted by Crippen LogP contribution is 2.14. The Hall–Kier alpha value is -3.55. The summed E-state index contributed by atoms with van der Waals surface area (Å²) < 4.78 is 5.34. The first kappa shape index (κ1) is 17.8. The SMILES string of the molecule is O=C(OCc1ccccc1)N1CCN(C(=O)c2ccc3[nH]c(=O)[nH]c3c2)CC1. The van der Waals surface area contributed by atoms with Crippen LogP contribution in [0.4, 0.5) is 4.79 Å². The fourth-order valence-electron chi connectivity index (χ4n) is 3.25. The van der Waals surface area contributed by atoms with Crippen molar-refractivity contribution in [2.45, 2.75) is 6.61 Å². The highest BCUT2D eigenvalue weighted by Gasteiger charge is 2.26. The minimum absolute atomic E-state index is 0.124. The highest BCUT2D eigenvalue weighted by molar-refractivity contribution is 5.97. The molecule has 2 amide bonds. The molecule has 4 rings (SSSR count). The van der Waals surface area contributed by atoms with Gasteiger partial charge in [0, 0.05) is 31.7 Å². The maximum atomic E-state index is 12.7. The van der Waals surface area contributed by atoms with Crippen LogP contribution in [-0.2, 0) is 11.3 Å². The molecule has 0 spiro atoms. The molecule has 0 radical (unpaired) electrons. The van der Waals surface area contributed by atoms with E-state index in [2.05, 4.69) is 9.97 Å². The summed E-state index contributed by atoms with van der Waals surface area (Å²) in [6, 6.07) is 14.6. The number of H-pyrrole nitrogens is 2. The number of amides is 2. The van der Waals surface area contributed by atoms with E-state index in [9.17, 15) is 14.4 Å². The van der Waals surface area contributed by atoms with Gasteiger partial charge in [0.15, 0.2) is 0 Å². The molecule has 28 heavy (non-hydrogen) atoms. The van der Waals surface area contributed by atoms with Gasteiger partial charge in [-0.25, -0.2) is 9.59 Å². The van der Waals surface area contributed by atoms with Crippen LogP contribution in [0.3, 0.4) is 0 Å². The number of nitrogens with one attached hydrogen (secondary N) is 2. The molecular formula is C20H20N4O4. The van der Waals surface area contributed by atoms with Crippen molar-refractivity contribution in [3.63, 3.8) is 0 Å². The number of ether oxygens (including phenoxy) is 1. The Morgan fingerprint density at radius 1 is 0.893 bits per heavy atom. The molecule has 3 aromatic rings. The molecule has 0 aliphatic carbocycles. The molecule has 2 heterocycles. The van der Waals surface area contributed by atoms with E-state index in [1.165, 1.54) is 0 Å². The van der Waals surface area contributed by atoms with Crippen LogP contribution in [0.5, 0.6) is 0 Å². The topological polar surface area (TPSA) is 98.5 Å². The summed E-state index contributed by atoms with van der Waals surface area (Å²) in [5, 5.41) is 0. The molecule has 8 nitrogen and oxygen atoms in total. The normalized spacial score (nSPS) is 14.3. The van der Waals surface area contributed by atoms with Crippen LogP contribution in [0.15, 0.2) is 53.3 Å². The molecule has 1 aliphatic rings. The largest absolute Gasteiger partial charge is 0.445 e. The van der Waals surface area contributed by atoms with Crippen LogP contribution in [-0.4, -0.2) is 57.9 Å². The second-order valence-electron chi connectivity index (χ2n) is 6.66. The van der Waals surface area contributed by atoms with Gasteiger partial charge in [-0.15, -0.1) is 0 Å². The van der Waals surface area contributed by atoms with Gasteiger partial charge in [0.1, 0.15) is 6.61 Å². The summed E-state index contributed by atoms with van der Waals surface area (Å²) in [5.74, 6) is -0.124. The fourth-order valence-corrected chi connectivity index (χ4v) is 3.25. The third-order valence-electron chi connectivity index (χ3n) is 4.79. The van der Waals surface area contributed by atoms with E-state index in [-0.39, 0.29) is 24.3 Å². The van der Waals surface area contributed by atoms with Gasteiger partial charge >= 0.3 is 11.8 Å². The molecule has 144 valence electrons. The number of aromatic amines is 2. The van der Waals surface area contributed by atoms with E-state index in [1.54, 1.807) is 28.0 Å². The lowest BCUT2D eigenvalue weighted by Crippen LogP contribution is -2.50.